The predicted molar refractivity (Wildman–Crippen MR) is 115 cm³/mol. The fourth-order valence-corrected chi connectivity index (χ4v) is 2.86. The number of carbonyl (C=O) groups excluding carboxylic acids is 2. The Bertz CT molecular complexity index is 1150. The molecule has 0 radical (unpaired) electrons. The van der Waals surface area contributed by atoms with Crippen LogP contribution in [-0.2, 0) is 14.9 Å². The average molecular weight is 424 g/mol. The van der Waals surface area contributed by atoms with Crippen LogP contribution in [0.5, 0.6) is 11.5 Å². The standard InChI is InChI=1S/C24H24O7/c1-5-28-22(26)19-12-15-6-9-18(13-20(15)31-23(19)27)30-21(25)14-29-17-10-7-16(8-11-17)24(2,3)4/h6-13H,5,14H2,1-4H3. The van der Waals surface area contributed by atoms with Crippen LogP contribution in [0.3, 0.4) is 0 Å². The van der Waals surface area contributed by atoms with Gasteiger partial charge >= 0.3 is 17.6 Å². The molecule has 0 atom stereocenters. The first-order valence-corrected chi connectivity index (χ1v) is 9.86. The van der Waals surface area contributed by atoms with Crippen molar-refractivity contribution in [2.75, 3.05) is 13.2 Å². The molecule has 0 saturated carbocycles. The van der Waals surface area contributed by atoms with Crippen molar-refractivity contribution in [1.29, 1.82) is 0 Å². The fraction of sp³-hybridized carbons (Fsp3) is 0.292. The van der Waals surface area contributed by atoms with Crippen LogP contribution < -0.4 is 15.1 Å². The Labute approximate surface area is 179 Å². The Morgan fingerprint density at radius 1 is 0.968 bits per heavy atom. The first-order chi connectivity index (χ1) is 14.7. The molecule has 2 aromatic carbocycles. The van der Waals surface area contributed by atoms with Crippen LogP contribution >= 0.6 is 0 Å². The van der Waals surface area contributed by atoms with Gasteiger partial charge < -0.3 is 18.6 Å². The number of esters is 2. The molecule has 0 spiro atoms. The van der Waals surface area contributed by atoms with E-state index >= 15 is 0 Å². The van der Waals surface area contributed by atoms with Crippen LogP contribution in [0.25, 0.3) is 11.0 Å². The van der Waals surface area contributed by atoms with Crippen molar-refractivity contribution in [2.24, 2.45) is 0 Å². The normalized spacial score (nSPS) is 11.2. The number of benzene rings is 2. The summed E-state index contributed by atoms with van der Waals surface area (Å²) in [4.78, 5) is 36.0. The van der Waals surface area contributed by atoms with E-state index in [4.69, 9.17) is 18.6 Å². The summed E-state index contributed by atoms with van der Waals surface area (Å²) in [5.74, 6) is -0.608. The third kappa shape index (κ3) is 5.51. The highest BCUT2D eigenvalue weighted by molar-refractivity contribution is 5.93. The molecule has 7 heteroatoms. The van der Waals surface area contributed by atoms with Crippen LogP contribution in [0.1, 0.15) is 43.6 Å². The van der Waals surface area contributed by atoms with E-state index in [2.05, 4.69) is 20.8 Å². The van der Waals surface area contributed by atoms with E-state index in [9.17, 15) is 14.4 Å². The van der Waals surface area contributed by atoms with Crippen molar-refractivity contribution >= 4 is 22.9 Å². The topological polar surface area (TPSA) is 92.0 Å². The number of hydrogen-bond donors (Lipinski definition) is 0. The van der Waals surface area contributed by atoms with Gasteiger partial charge in [0.2, 0.25) is 0 Å². The SMILES string of the molecule is CCOC(=O)c1cc2ccc(OC(=O)COc3ccc(C(C)(C)C)cc3)cc2oc1=O. The zero-order valence-corrected chi connectivity index (χ0v) is 17.9. The lowest BCUT2D eigenvalue weighted by Crippen LogP contribution is -2.18. The number of hydrogen-bond acceptors (Lipinski definition) is 7. The summed E-state index contributed by atoms with van der Waals surface area (Å²) in [6.07, 6.45) is 0. The van der Waals surface area contributed by atoms with Crippen LogP contribution in [0.15, 0.2) is 57.7 Å². The summed E-state index contributed by atoms with van der Waals surface area (Å²) in [5.41, 5.74) is 0.356. The largest absolute Gasteiger partial charge is 0.482 e. The van der Waals surface area contributed by atoms with Crippen molar-refractivity contribution in [2.45, 2.75) is 33.1 Å². The fourth-order valence-electron chi connectivity index (χ4n) is 2.86. The molecule has 3 aromatic rings. The summed E-state index contributed by atoms with van der Waals surface area (Å²) < 4.78 is 20.8. The van der Waals surface area contributed by atoms with Crippen LogP contribution in [0, 0.1) is 0 Å². The van der Waals surface area contributed by atoms with E-state index in [-0.39, 0.29) is 35.5 Å². The summed E-state index contributed by atoms with van der Waals surface area (Å²) in [5, 5.41) is 0.498. The van der Waals surface area contributed by atoms with Gasteiger partial charge in [-0.3, -0.25) is 0 Å². The van der Waals surface area contributed by atoms with E-state index in [1.54, 1.807) is 25.1 Å². The molecule has 0 unspecified atom stereocenters. The highest BCUT2D eigenvalue weighted by Crippen LogP contribution is 2.24. The maximum Gasteiger partial charge on any atom is 0.351 e. The number of rotatable bonds is 6. The first kappa shape index (κ1) is 22.1. The van der Waals surface area contributed by atoms with Gasteiger partial charge in [0.15, 0.2) is 6.61 Å². The van der Waals surface area contributed by atoms with Crippen LogP contribution in [0.4, 0.5) is 0 Å². The highest BCUT2D eigenvalue weighted by Gasteiger charge is 2.16. The first-order valence-electron chi connectivity index (χ1n) is 9.86. The number of carbonyl (C=O) groups is 2. The van der Waals surface area contributed by atoms with Gasteiger partial charge in [-0.15, -0.1) is 0 Å². The minimum Gasteiger partial charge on any atom is -0.482 e. The van der Waals surface area contributed by atoms with Gasteiger partial charge in [0.25, 0.3) is 0 Å². The molecule has 0 saturated heterocycles. The molecule has 0 aliphatic rings. The third-order valence-corrected chi connectivity index (χ3v) is 4.51. The molecule has 0 aliphatic heterocycles. The second-order valence-corrected chi connectivity index (χ2v) is 7.90. The Morgan fingerprint density at radius 3 is 2.29 bits per heavy atom. The van der Waals surface area contributed by atoms with E-state index in [1.807, 2.05) is 12.1 Å². The second-order valence-electron chi connectivity index (χ2n) is 7.90. The molecule has 7 nitrogen and oxygen atoms in total. The Balaban J connectivity index is 1.66. The number of ether oxygens (including phenoxy) is 3. The molecule has 1 aromatic heterocycles. The van der Waals surface area contributed by atoms with E-state index in [0.717, 1.165) is 5.56 Å². The predicted octanol–water partition coefficient (Wildman–Crippen LogP) is 4.25. The molecule has 0 bridgehead atoms. The lowest BCUT2D eigenvalue weighted by Gasteiger charge is -2.19. The summed E-state index contributed by atoms with van der Waals surface area (Å²) in [6, 6.07) is 13.4. The Morgan fingerprint density at radius 2 is 1.65 bits per heavy atom. The quantitative estimate of drug-likeness (QED) is 0.332. The molecular formula is C24H24O7. The van der Waals surface area contributed by atoms with Gasteiger partial charge in [0.05, 0.1) is 6.61 Å². The zero-order valence-electron chi connectivity index (χ0n) is 17.9. The molecule has 162 valence electrons. The smallest absolute Gasteiger partial charge is 0.351 e. The molecular weight excluding hydrogens is 400 g/mol. The molecule has 0 aliphatic carbocycles. The molecule has 1 heterocycles. The second kappa shape index (κ2) is 9.04. The highest BCUT2D eigenvalue weighted by atomic mass is 16.6. The molecule has 0 N–H and O–H groups in total. The van der Waals surface area contributed by atoms with E-state index < -0.39 is 17.6 Å². The lowest BCUT2D eigenvalue weighted by atomic mass is 9.87. The van der Waals surface area contributed by atoms with Crippen molar-refractivity contribution in [1.82, 2.24) is 0 Å². The molecule has 0 fully saturated rings. The maximum atomic E-state index is 12.1. The maximum absolute atomic E-state index is 12.1. The third-order valence-electron chi connectivity index (χ3n) is 4.51. The minimum atomic E-state index is -0.823. The van der Waals surface area contributed by atoms with Crippen molar-refractivity contribution in [3.05, 3.63) is 70.1 Å². The van der Waals surface area contributed by atoms with Crippen LogP contribution in [0.2, 0.25) is 0 Å². The molecule has 31 heavy (non-hydrogen) atoms. The monoisotopic (exact) mass is 424 g/mol. The summed E-state index contributed by atoms with van der Waals surface area (Å²) in [7, 11) is 0. The minimum absolute atomic E-state index is 0.0274. The summed E-state index contributed by atoms with van der Waals surface area (Å²) in [6.45, 7) is 7.86. The Kier molecular flexibility index (Phi) is 6.44. The van der Waals surface area contributed by atoms with Crippen LogP contribution in [-0.4, -0.2) is 25.2 Å². The van der Waals surface area contributed by atoms with Gasteiger partial charge in [0.1, 0.15) is 22.6 Å². The van der Waals surface area contributed by atoms with E-state index in [0.29, 0.717) is 11.1 Å². The molecule has 3 rings (SSSR count). The Hall–Kier alpha value is -3.61. The number of fused-ring (bicyclic) bond motifs is 1. The van der Waals surface area contributed by atoms with Gasteiger partial charge in [-0.05, 0) is 48.2 Å². The average Bonchev–Trinajstić information content (AvgIpc) is 2.71. The van der Waals surface area contributed by atoms with Gasteiger partial charge in [-0.25, -0.2) is 14.4 Å². The van der Waals surface area contributed by atoms with Crippen molar-refractivity contribution in [3.8, 4) is 11.5 Å². The molecule has 0 amide bonds. The van der Waals surface area contributed by atoms with Crippen molar-refractivity contribution < 1.29 is 28.2 Å². The zero-order chi connectivity index (χ0) is 22.6. The van der Waals surface area contributed by atoms with E-state index in [1.165, 1.54) is 18.2 Å². The summed E-state index contributed by atoms with van der Waals surface area (Å²) >= 11 is 0. The van der Waals surface area contributed by atoms with Gasteiger partial charge in [0, 0.05) is 11.5 Å². The van der Waals surface area contributed by atoms with Gasteiger partial charge in [-0.2, -0.15) is 0 Å². The van der Waals surface area contributed by atoms with Crippen molar-refractivity contribution in [3.63, 3.8) is 0 Å². The van der Waals surface area contributed by atoms with Gasteiger partial charge in [-0.1, -0.05) is 32.9 Å². The lowest BCUT2D eigenvalue weighted by molar-refractivity contribution is -0.136.